The molecule has 1 aliphatic carbocycles. The maximum absolute atomic E-state index is 12.4. The van der Waals surface area contributed by atoms with Crippen molar-refractivity contribution in [1.82, 2.24) is 14.9 Å². The molecule has 2 aromatic rings. The van der Waals surface area contributed by atoms with Crippen molar-refractivity contribution in [3.63, 3.8) is 0 Å². The van der Waals surface area contributed by atoms with Gasteiger partial charge in [-0.3, -0.25) is 4.79 Å². The molecule has 1 N–H and O–H groups in total. The molecule has 6 nitrogen and oxygen atoms in total. The molecule has 1 amide bonds. The Kier molecular flexibility index (Phi) is 5.74. The molecular weight excluding hydrogens is 342 g/mol. The van der Waals surface area contributed by atoms with E-state index in [-0.39, 0.29) is 11.9 Å². The summed E-state index contributed by atoms with van der Waals surface area (Å²) in [5.41, 5.74) is 0.988. The zero-order chi connectivity index (χ0) is 19.3. The van der Waals surface area contributed by atoms with Gasteiger partial charge in [-0.25, -0.2) is 9.78 Å². The van der Waals surface area contributed by atoms with Gasteiger partial charge in [-0.15, -0.1) is 0 Å². The van der Waals surface area contributed by atoms with Crippen LogP contribution in [0.1, 0.15) is 38.2 Å². The number of carbonyl (C=O) groups is 2. The van der Waals surface area contributed by atoms with Gasteiger partial charge >= 0.3 is 5.97 Å². The van der Waals surface area contributed by atoms with Gasteiger partial charge in [0.2, 0.25) is 5.91 Å². The summed E-state index contributed by atoms with van der Waals surface area (Å²) in [6.45, 7) is 2.16. The van der Waals surface area contributed by atoms with Crippen molar-refractivity contribution < 1.29 is 14.3 Å². The molecule has 1 aliphatic rings. The average Bonchev–Trinajstić information content (AvgIpc) is 3.23. The van der Waals surface area contributed by atoms with Crippen LogP contribution in [-0.4, -0.2) is 34.1 Å². The smallest absolute Gasteiger partial charge is 0.331 e. The highest BCUT2D eigenvalue weighted by molar-refractivity contribution is 5.96. The van der Waals surface area contributed by atoms with E-state index in [0.717, 1.165) is 24.1 Å². The second-order valence-electron chi connectivity index (χ2n) is 7.14. The number of hydrogen-bond acceptors (Lipinski definition) is 4. The maximum Gasteiger partial charge on any atom is 0.331 e. The highest BCUT2D eigenvalue weighted by Gasteiger charge is 2.43. The number of nitrogens with one attached hydrogen (secondary N) is 1. The molecule has 1 aromatic heterocycles. The molecular formula is C21H25N3O3. The first-order valence-electron chi connectivity index (χ1n) is 9.19. The Labute approximate surface area is 159 Å². The number of nitrogens with zero attached hydrogens (tertiary/aromatic N) is 2. The van der Waals surface area contributed by atoms with E-state index in [1.165, 1.54) is 13.2 Å². The number of aromatic nitrogens is 2. The normalized spacial score (nSPS) is 22.5. The largest absolute Gasteiger partial charge is 0.467 e. The second kappa shape index (κ2) is 8.20. The van der Waals surface area contributed by atoms with Crippen molar-refractivity contribution in [2.75, 3.05) is 7.11 Å². The van der Waals surface area contributed by atoms with E-state index in [1.807, 2.05) is 35.0 Å². The van der Waals surface area contributed by atoms with E-state index in [2.05, 4.69) is 17.2 Å². The Bertz CT molecular complexity index is 802. The summed E-state index contributed by atoms with van der Waals surface area (Å²) in [6, 6.07) is 7.77. The van der Waals surface area contributed by atoms with Gasteiger partial charge in [-0.2, -0.15) is 0 Å². The van der Waals surface area contributed by atoms with Crippen LogP contribution in [0.2, 0.25) is 0 Å². The molecule has 3 rings (SSSR count). The molecule has 0 bridgehead atoms. The number of methoxy groups -OCH3 is 1. The van der Waals surface area contributed by atoms with Crippen LogP contribution < -0.4 is 5.32 Å². The van der Waals surface area contributed by atoms with E-state index in [0.29, 0.717) is 18.8 Å². The zero-order valence-corrected chi connectivity index (χ0v) is 15.7. The Hall–Kier alpha value is -2.89. The third-order valence-corrected chi connectivity index (χ3v) is 5.19. The third kappa shape index (κ3) is 4.45. The first-order valence-corrected chi connectivity index (χ1v) is 9.19. The van der Waals surface area contributed by atoms with E-state index in [4.69, 9.17) is 4.74 Å². The number of benzene rings is 1. The summed E-state index contributed by atoms with van der Waals surface area (Å²) >= 11 is 0. The summed E-state index contributed by atoms with van der Waals surface area (Å²) in [6.07, 6.45) is 11.6. The number of esters is 1. The predicted molar refractivity (Wildman–Crippen MR) is 103 cm³/mol. The monoisotopic (exact) mass is 367 g/mol. The topological polar surface area (TPSA) is 73.2 Å². The van der Waals surface area contributed by atoms with Gasteiger partial charge in [-0.05, 0) is 55.4 Å². The molecule has 1 heterocycles. The lowest BCUT2D eigenvalue weighted by Crippen LogP contribution is -2.56. The van der Waals surface area contributed by atoms with Crippen LogP contribution in [0, 0.1) is 5.92 Å². The number of carbonyl (C=O) groups excluding carboxylic acids is 2. The van der Waals surface area contributed by atoms with Crippen LogP contribution in [-0.2, 0) is 14.3 Å². The van der Waals surface area contributed by atoms with E-state index >= 15 is 0 Å². The molecule has 1 aromatic carbocycles. The molecule has 0 radical (unpaired) electrons. The number of ether oxygens (including phenoxy) is 1. The van der Waals surface area contributed by atoms with Gasteiger partial charge in [0.1, 0.15) is 5.54 Å². The van der Waals surface area contributed by atoms with Gasteiger partial charge in [0.25, 0.3) is 0 Å². The van der Waals surface area contributed by atoms with Gasteiger partial charge in [-0.1, -0.05) is 19.1 Å². The second-order valence-corrected chi connectivity index (χ2v) is 7.14. The van der Waals surface area contributed by atoms with Gasteiger partial charge < -0.3 is 14.6 Å². The fourth-order valence-electron chi connectivity index (χ4n) is 3.45. The molecule has 0 unspecified atom stereocenters. The molecule has 0 saturated heterocycles. The van der Waals surface area contributed by atoms with Crippen molar-refractivity contribution in [2.45, 2.75) is 38.1 Å². The molecule has 1 fully saturated rings. The Balaban J connectivity index is 1.66. The highest BCUT2D eigenvalue weighted by atomic mass is 16.5. The Morgan fingerprint density at radius 3 is 2.56 bits per heavy atom. The standard InChI is InChI=1S/C21H25N3O3/c1-16-9-11-21(12-10-16,20(26)27-2)23-19(25)8-5-17-3-6-18(7-4-17)24-14-13-22-15-24/h3-8,13-16H,9-12H2,1-2H3,(H,23,25)/b8-5+. The minimum absolute atomic E-state index is 0.284. The van der Waals surface area contributed by atoms with Crippen molar-refractivity contribution >= 4 is 18.0 Å². The first-order chi connectivity index (χ1) is 13.0. The fourth-order valence-corrected chi connectivity index (χ4v) is 3.45. The molecule has 142 valence electrons. The Morgan fingerprint density at radius 2 is 1.96 bits per heavy atom. The number of amides is 1. The fraction of sp³-hybridized carbons (Fsp3) is 0.381. The minimum Gasteiger partial charge on any atom is -0.467 e. The first kappa shape index (κ1) is 18.9. The van der Waals surface area contributed by atoms with Crippen LogP contribution >= 0.6 is 0 Å². The van der Waals surface area contributed by atoms with Crippen LogP contribution in [0.15, 0.2) is 49.1 Å². The lowest BCUT2D eigenvalue weighted by Gasteiger charge is -2.37. The van der Waals surface area contributed by atoms with Crippen molar-refractivity contribution in [3.8, 4) is 5.69 Å². The molecule has 1 saturated carbocycles. The molecule has 0 spiro atoms. The quantitative estimate of drug-likeness (QED) is 0.651. The molecule has 6 heteroatoms. The van der Waals surface area contributed by atoms with Crippen LogP contribution in [0.3, 0.4) is 0 Å². The SMILES string of the molecule is COC(=O)C1(NC(=O)/C=C/c2ccc(-n3ccnc3)cc2)CCC(C)CC1. The molecule has 0 atom stereocenters. The summed E-state index contributed by atoms with van der Waals surface area (Å²) in [4.78, 5) is 28.7. The van der Waals surface area contributed by atoms with Crippen LogP contribution in [0.5, 0.6) is 0 Å². The third-order valence-electron chi connectivity index (χ3n) is 5.19. The lowest BCUT2D eigenvalue weighted by molar-refractivity contribution is -0.152. The van der Waals surface area contributed by atoms with Gasteiger partial charge in [0.15, 0.2) is 0 Å². The maximum atomic E-state index is 12.4. The van der Waals surface area contributed by atoms with E-state index in [9.17, 15) is 9.59 Å². The van der Waals surface area contributed by atoms with Crippen LogP contribution in [0.25, 0.3) is 11.8 Å². The Morgan fingerprint density at radius 1 is 1.26 bits per heavy atom. The summed E-state index contributed by atoms with van der Waals surface area (Å²) < 4.78 is 6.86. The van der Waals surface area contributed by atoms with Crippen molar-refractivity contribution in [3.05, 3.63) is 54.6 Å². The predicted octanol–water partition coefficient (Wildman–Crippen LogP) is 3.12. The zero-order valence-electron chi connectivity index (χ0n) is 15.7. The van der Waals surface area contributed by atoms with Crippen molar-refractivity contribution in [2.24, 2.45) is 5.92 Å². The lowest BCUT2D eigenvalue weighted by atomic mass is 9.77. The average molecular weight is 367 g/mol. The molecule has 0 aliphatic heterocycles. The summed E-state index contributed by atoms with van der Waals surface area (Å²) in [7, 11) is 1.37. The number of rotatable bonds is 5. The number of imidazole rings is 1. The van der Waals surface area contributed by atoms with E-state index < -0.39 is 5.54 Å². The van der Waals surface area contributed by atoms with Crippen molar-refractivity contribution in [1.29, 1.82) is 0 Å². The van der Waals surface area contributed by atoms with Crippen LogP contribution in [0.4, 0.5) is 0 Å². The van der Waals surface area contributed by atoms with Gasteiger partial charge in [0.05, 0.1) is 13.4 Å². The minimum atomic E-state index is -0.909. The van der Waals surface area contributed by atoms with Gasteiger partial charge in [0, 0.05) is 24.2 Å². The highest BCUT2D eigenvalue weighted by Crippen LogP contribution is 2.32. The summed E-state index contributed by atoms with van der Waals surface area (Å²) in [5.74, 6) is -0.0845. The number of hydrogen-bond donors (Lipinski definition) is 1. The van der Waals surface area contributed by atoms with E-state index in [1.54, 1.807) is 18.6 Å². The molecule has 27 heavy (non-hydrogen) atoms. The summed E-state index contributed by atoms with van der Waals surface area (Å²) in [5, 5.41) is 2.89.